The molecule has 0 fully saturated rings. The van der Waals surface area contributed by atoms with E-state index in [-0.39, 0.29) is 30.1 Å². The van der Waals surface area contributed by atoms with Gasteiger partial charge in [-0.2, -0.15) is 0 Å². The molecule has 3 nitrogen and oxygen atoms in total. The van der Waals surface area contributed by atoms with E-state index in [4.69, 9.17) is 0 Å². The number of carbonyl (C=O) groups is 2. The molecule has 0 aromatic rings. The molecule has 0 rings (SSSR count). The van der Waals surface area contributed by atoms with Gasteiger partial charge in [0, 0.05) is 11.8 Å². The first kappa shape index (κ1) is 11.1. The third kappa shape index (κ3) is 4.11. The van der Waals surface area contributed by atoms with Crippen LogP contribution in [0.25, 0.3) is 0 Å². The average Bonchev–Trinajstić information content (AvgIpc) is 1.98. The van der Waals surface area contributed by atoms with Gasteiger partial charge in [0.05, 0.1) is 6.54 Å². The molecule has 0 aliphatic heterocycles. The zero-order valence-corrected chi connectivity index (χ0v) is 8.18. The van der Waals surface area contributed by atoms with Gasteiger partial charge in [0.15, 0.2) is 5.78 Å². The summed E-state index contributed by atoms with van der Waals surface area (Å²) in [5.41, 5.74) is 0. The van der Waals surface area contributed by atoms with E-state index >= 15 is 0 Å². The van der Waals surface area contributed by atoms with Gasteiger partial charge in [-0.05, 0) is 0 Å². The highest BCUT2D eigenvalue weighted by Gasteiger charge is 2.10. The number of hydrogen-bond acceptors (Lipinski definition) is 2. The topological polar surface area (TPSA) is 46.2 Å². The summed E-state index contributed by atoms with van der Waals surface area (Å²) in [6, 6.07) is 0. The molecular formula is C9H17NO2. The lowest BCUT2D eigenvalue weighted by molar-refractivity contribution is -0.128. The number of ketones is 1. The second-order valence-electron chi connectivity index (χ2n) is 3.49. The molecule has 70 valence electrons. The molecule has 0 saturated heterocycles. The van der Waals surface area contributed by atoms with E-state index in [0.29, 0.717) is 0 Å². The quantitative estimate of drug-likeness (QED) is 0.642. The van der Waals surface area contributed by atoms with Crippen molar-refractivity contribution >= 4 is 11.7 Å². The summed E-state index contributed by atoms with van der Waals surface area (Å²) < 4.78 is 0. The van der Waals surface area contributed by atoms with Gasteiger partial charge in [0.2, 0.25) is 5.91 Å². The Morgan fingerprint density at radius 2 is 1.58 bits per heavy atom. The summed E-state index contributed by atoms with van der Waals surface area (Å²) in [5, 5.41) is 2.57. The molecule has 3 heteroatoms. The zero-order chi connectivity index (χ0) is 9.72. The van der Waals surface area contributed by atoms with Gasteiger partial charge in [0.1, 0.15) is 0 Å². The Kier molecular flexibility index (Phi) is 4.55. The predicted octanol–water partition coefficient (Wildman–Crippen LogP) is 0.984. The minimum absolute atomic E-state index is 0.00235. The zero-order valence-electron chi connectivity index (χ0n) is 8.18. The average molecular weight is 172 g/mol. The molecule has 0 radical (unpaired) electrons. The van der Waals surface area contributed by atoms with E-state index in [1.165, 1.54) is 0 Å². The van der Waals surface area contributed by atoms with E-state index in [1.807, 2.05) is 13.8 Å². The molecule has 0 aromatic carbocycles. The molecule has 0 bridgehead atoms. The van der Waals surface area contributed by atoms with Gasteiger partial charge in [-0.15, -0.1) is 0 Å². The van der Waals surface area contributed by atoms with Crippen molar-refractivity contribution in [2.24, 2.45) is 11.8 Å². The number of hydrogen-bond donors (Lipinski definition) is 1. The molecule has 0 aliphatic carbocycles. The first-order valence-electron chi connectivity index (χ1n) is 4.25. The van der Waals surface area contributed by atoms with Crippen LogP contribution >= 0.6 is 0 Å². The maximum Gasteiger partial charge on any atom is 0.222 e. The van der Waals surface area contributed by atoms with Crippen LogP contribution in [-0.2, 0) is 9.59 Å². The lowest BCUT2D eigenvalue weighted by Gasteiger charge is -2.07. The number of carbonyl (C=O) groups excluding carboxylic acids is 2. The highest BCUT2D eigenvalue weighted by molar-refractivity contribution is 5.87. The summed E-state index contributed by atoms with van der Waals surface area (Å²) in [5.74, 6) is -0.0459. The van der Waals surface area contributed by atoms with E-state index in [2.05, 4.69) is 5.32 Å². The monoisotopic (exact) mass is 172 g/mol. The summed E-state index contributed by atoms with van der Waals surface area (Å²) in [7, 11) is 0. The minimum atomic E-state index is -0.0657. The smallest absolute Gasteiger partial charge is 0.222 e. The fraction of sp³-hybridized carbons (Fsp3) is 0.778. The lowest BCUT2D eigenvalue weighted by atomic mass is 10.1. The van der Waals surface area contributed by atoms with Crippen LogP contribution in [0.2, 0.25) is 0 Å². The van der Waals surface area contributed by atoms with Crippen LogP contribution in [0.1, 0.15) is 27.7 Å². The Morgan fingerprint density at radius 3 is 1.92 bits per heavy atom. The van der Waals surface area contributed by atoms with Crippen LogP contribution in [0, 0.1) is 11.8 Å². The Morgan fingerprint density at radius 1 is 1.08 bits per heavy atom. The van der Waals surface area contributed by atoms with Gasteiger partial charge in [0.25, 0.3) is 0 Å². The second kappa shape index (κ2) is 4.91. The lowest BCUT2D eigenvalue weighted by Crippen LogP contribution is -2.34. The van der Waals surface area contributed by atoms with Crippen LogP contribution in [0.5, 0.6) is 0 Å². The van der Waals surface area contributed by atoms with Crippen molar-refractivity contribution < 1.29 is 9.59 Å². The Bertz CT molecular complexity index is 153. The molecular weight excluding hydrogens is 155 g/mol. The summed E-state index contributed by atoms with van der Waals surface area (Å²) >= 11 is 0. The fourth-order valence-corrected chi connectivity index (χ4v) is 0.582. The number of amides is 1. The van der Waals surface area contributed by atoms with Crippen LogP contribution < -0.4 is 5.32 Å². The molecule has 0 unspecified atom stereocenters. The SMILES string of the molecule is CC(C)C(=O)CN[13C](=O)C(C)C. The fourth-order valence-electron chi connectivity index (χ4n) is 0.582. The molecule has 1 N–H and O–H groups in total. The predicted molar refractivity (Wildman–Crippen MR) is 47.7 cm³/mol. The van der Waals surface area contributed by atoms with E-state index < -0.39 is 0 Å². The summed E-state index contributed by atoms with van der Waals surface area (Å²) in [4.78, 5) is 22.1. The van der Waals surface area contributed by atoms with E-state index in [0.717, 1.165) is 0 Å². The van der Waals surface area contributed by atoms with Gasteiger partial charge in [-0.3, -0.25) is 9.59 Å². The Balaban J connectivity index is 3.69. The highest BCUT2D eigenvalue weighted by Crippen LogP contribution is 1.94. The standard InChI is InChI=1S/C9H17NO2/c1-6(2)8(11)5-10-9(12)7(3)4/h6-7H,5H2,1-4H3,(H,10,12)/i9+1. The number of Topliss-reactive ketones (excluding diaryl/α,β-unsaturated/α-hetero) is 1. The summed E-state index contributed by atoms with van der Waals surface area (Å²) in [6.07, 6.45) is 0. The summed E-state index contributed by atoms with van der Waals surface area (Å²) in [6.45, 7) is 7.41. The molecule has 1 amide bonds. The first-order chi connectivity index (χ1) is 5.45. The van der Waals surface area contributed by atoms with E-state index in [1.54, 1.807) is 13.8 Å². The van der Waals surface area contributed by atoms with Gasteiger partial charge >= 0.3 is 0 Å². The van der Waals surface area contributed by atoms with Crippen molar-refractivity contribution in [2.75, 3.05) is 6.54 Å². The maximum atomic E-state index is 11.1. The normalized spacial score (nSPS) is 10.5. The Hall–Kier alpha value is -0.860. The van der Waals surface area contributed by atoms with Gasteiger partial charge in [-0.1, -0.05) is 27.7 Å². The van der Waals surface area contributed by atoms with Gasteiger partial charge < -0.3 is 5.32 Å². The molecule has 0 aliphatic rings. The van der Waals surface area contributed by atoms with Crippen molar-refractivity contribution in [2.45, 2.75) is 27.7 Å². The second-order valence-corrected chi connectivity index (χ2v) is 3.49. The molecule has 0 atom stereocenters. The number of nitrogens with one attached hydrogen (secondary N) is 1. The molecule has 12 heavy (non-hydrogen) atoms. The minimum Gasteiger partial charge on any atom is -0.349 e. The molecule has 0 heterocycles. The highest BCUT2D eigenvalue weighted by atomic mass is 16.2. The van der Waals surface area contributed by atoms with Crippen LogP contribution in [0.3, 0.4) is 0 Å². The van der Waals surface area contributed by atoms with Crippen molar-refractivity contribution in [1.82, 2.24) is 5.32 Å². The van der Waals surface area contributed by atoms with Crippen LogP contribution in [0.4, 0.5) is 0 Å². The van der Waals surface area contributed by atoms with Crippen LogP contribution in [0.15, 0.2) is 0 Å². The van der Waals surface area contributed by atoms with Gasteiger partial charge in [-0.25, -0.2) is 0 Å². The molecule has 0 saturated carbocycles. The van der Waals surface area contributed by atoms with Crippen molar-refractivity contribution in [3.63, 3.8) is 0 Å². The largest absolute Gasteiger partial charge is 0.349 e. The van der Waals surface area contributed by atoms with Crippen molar-refractivity contribution in [3.8, 4) is 0 Å². The third-order valence-electron chi connectivity index (χ3n) is 1.61. The van der Waals surface area contributed by atoms with Crippen molar-refractivity contribution in [1.29, 1.82) is 0 Å². The van der Waals surface area contributed by atoms with Crippen LogP contribution in [-0.4, -0.2) is 18.2 Å². The molecule has 0 aromatic heterocycles. The Labute approximate surface area is 73.5 Å². The molecule has 0 spiro atoms. The maximum absolute atomic E-state index is 11.1. The first-order valence-corrected chi connectivity index (χ1v) is 4.25. The third-order valence-corrected chi connectivity index (χ3v) is 1.61. The van der Waals surface area contributed by atoms with Crippen molar-refractivity contribution in [3.05, 3.63) is 0 Å². The van der Waals surface area contributed by atoms with E-state index in [9.17, 15) is 9.59 Å². The number of rotatable bonds is 4.